The van der Waals surface area contributed by atoms with Gasteiger partial charge in [0.1, 0.15) is 0 Å². The second-order valence-electron chi connectivity index (χ2n) is 6.24. The van der Waals surface area contributed by atoms with Gasteiger partial charge in [-0.25, -0.2) is 4.98 Å². The fourth-order valence-corrected chi connectivity index (χ4v) is 3.72. The lowest BCUT2D eigenvalue weighted by atomic mass is 10.3. The third-order valence-electron chi connectivity index (χ3n) is 4.16. The van der Waals surface area contributed by atoms with Crippen LogP contribution in [0.25, 0.3) is 11.4 Å². The van der Waals surface area contributed by atoms with Crippen LogP contribution in [0.5, 0.6) is 0 Å². The Hall–Kier alpha value is -2.45. The number of thioether (sulfide) groups is 1. The summed E-state index contributed by atoms with van der Waals surface area (Å²) in [5.74, 6) is 0.624. The molecule has 0 unspecified atom stereocenters. The number of halogens is 1. The van der Waals surface area contributed by atoms with Crippen molar-refractivity contribution in [1.82, 2.24) is 24.7 Å². The van der Waals surface area contributed by atoms with Crippen LogP contribution in [0.2, 0.25) is 5.15 Å². The third-order valence-corrected chi connectivity index (χ3v) is 5.52. The second kappa shape index (κ2) is 7.66. The predicted octanol–water partition coefficient (Wildman–Crippen LogP) is 3.84. The van der Waals surface area contributed by atoms with Gasteiger partial charge in [-0.3, -0.25) is 14.3 Å². The Bertz CT molecular complexity index is 959. The maximum atomic E-state index is 12.6. The van der Waals surface area contributed by atoms with Gasteiger partial charge in [-0.05, 0) is 44.0 Å². The monoisotopic (exact) mass is 400 g/mol. The van der Waals surface area contributed by atoms with E-state index in [0.29, 0.717) is 11.7 Å². The molecular weight excluding hydrogens is 384 g/mol. The van der Waals surface area contributed by atoms with Gasteiger partial charge in [-0.15, -0.1) is 10.2 Å². The normalized spacial score (nSPS) is 14.7. The summed E-state index contributed by atoms with van der Waals surface area (Å²) in [5.41, 5.74) is 1.42. The van der Waals surface area contributed by atoms with Crippen molar-refractivity contribution in [3.8, 4) is 11.4 Å². The summed E-state index contributed by atoms with van der Waals surface area (Å²) in [6.07, 6.45) is 7.26. The van der Waals surface area contributed by atoms with Gasteiger partial charge in [0.05, 0.1) is 10.9 Å². The van der Waals surface area contributed by atoms with Crippen LogP contribution >= 0.6 is 23.4 Å². The van der Waals surface area contributed by atoms with Crippen molar-refractivity contribution in [3.05, 3.63) is 48.0 Å². The molecule has 1 N–H and O–H groups in total. The van der Waals surface area contributed by atoms with Crippen LogP contribution in [-0.2, 0) is 4.79 Å². The molecule has 3 aromatic heterocycles. The lowest BCUT2D eigenvalue weighted by Crippen LogP contribution is -2.23. The van der Waals surface area contributed by atoms with Crippen LogP contribution in [0.1, 0.15) is 25.8 Å². The summed E-state index contributed by atoms with van der Waals surface area (Å²) >= 11 is 7.40. The number of carbonyl (C=O) groups is 1. The molecule has 1 amide bonds. The first-order valence-electron chi connectivity index (χ1n) is 8.57. The number of carbonyl (C=O) groups excluding carboxylic acids is 1. The molecule has 27 heavy (non-hydrogen) atoms. The highest BCUT2D eigenvalue weighted by Gasteiger charge is 2.31. The highest BCUT2D eigenvalue weighted by Crippen LogP contribution is 2.41. The van der Waals surface area contributed by atoms with Crippen LogP contribution in [-0.4, -0.2) is 35.9 Å². The minimum atomic E-state index is -0.371. The Morgan fingerprint density at radius 2 is 2.11 bits per heavy atom. The Balaban J connectivity index is 1.53. The standard InChI is InChI=1S/C18H17ClN6OS/c1-11(17(26)22-14-5-3-9-21-15(14)19)27-18-24-23-16(25(18)13-6-7-13)12-4-2-8-20-10-12/h2-5,8-11,13H,6-7H2,1H3,(H,22,26)/t11-/m1/s1. The maximum Gasteiger partial charge on any atom is 0.237 e. The fraction of sp³-hybridized carbons (Fsp3) is 0.278. The number of nitrogens with zero attached hydrogens (tertiary/aromatic N) is 5. The van der Waals surface area contributed by atoms with E-state index >= 15 is 0 Å². The molecule has 1 aliphatic rings. The van der Waals surface area contributed by atoms with Crippen LogP contribution in [0.4, 0.5) is 5.69 Å². The smallest absolute Gasteiger partial charge is 0.237 e. The van der Waals surface area contributed by atoms with Crippen LogP contribution in [0, 0.1) is 0 Å². The summed E-state index contributed by atoms with van der Waals surface area (Å²) in [7, 11) is 0. The Morgan fingerprint density at radius 3 is 2.81 bits per heavy atom. The van der Waals surface area contributed by atoms with E-state index in [-0.39, 0.29) is 16.3 Å². The number of aromatic nitrogens is 5. The molecule has 0 radical (unpaired) electrons. The zero-order valence-corrected chi connectivity index (χ0v) is 16.1. The Labute approximate surface area is 165 Å². The first-order valence-corrected chi connectivity index (χ1v) is 9.82. The van der Waals surface area contributed by atoms with Crippen molar-refractivity contribution in [1.29, 1.82) is 0 Å². The van der Waals surface area contributed by atoms with E-state index in [1.807, 2.05) is 19.1 Å². The minimum Gasteiger partial charge on any atom is -0.322 e. The highest BCUT2D eigenvalue weighted by molar-refractivity contribution is 8.00. The predicted molar refractivity (Wildman–Crippen MR) is 105 cm³/mol. The van der Waals surface area contributed by atoms with Gasteiger partial charge in [0.25, 0.3) is 0 Å². The summed E-state index contributed by atoms with van der Waals surface area (Å²) in [4.78, 5) is 20.7. The van der Waals surface area contributed by atoms with Crippen LogP contribution in [0.15, 0.2) is 48.0 Å². The molecule has 3 heterocycles. The molecule has 1 saturated carbocycles. The van der Waals surface area contributed by atoms with Crippen molar-refractivity contribution in [2.45, 2.75) is 36.2 Å². The number of anilines is 1. The molecule has 1 aliphatic carbocycles. The van der Waals surface area contributed by atoms with Crippen molar-refractivity contribution in [3.63, 3.8) is 0 Å². The molecule has 4 rings (SSSR count). The van der Waals surface area contributed by atoms with Crippen LogP contribution in [0.3, 0.4) is 0 Å². The van der Waals surface area contributed by atoms with E-state index in [9.17, 15) is 4.79 Å². The van der Waals surface area contributed by atoms with Crippen molar-refractivity contribution >= 4 is 35.0 Å². The zero-order valence-electron chi connectivity index (χ0n) is 14.5. The first-order chi connectivity index (χ1) is 13.1. The fourth-order valence-electron chi connectivity index (χ4n) is 2.64. The summed E-state index contributed by atoms with van der Waals surface area (Å²) in [6, 6.07) is 7.66. The van der Waals surface area contributed by atoms with Gasteiger partial charge in [0, 0.05) is 30.2 Å². The molecule has 3 aromatic rings. The van der Waals surface area contributed by atoms with Gasteiger partial charge in [-0.1, -0.05) is 23.4 Å². The molecule has 7 nitrogen and oxygen atoms in total. The quantitative estimate of drug-likeness (QED) is 0.499. The Morgan fingerprint density at radius 1 is 1.30 bits per heavy atom. The minimum absolute atomic E-state index is 0.164. The van der Waals surface area contributed by atoms with E-state index in [2.05, 4.69) is 30.0 Å². The molecule has 0 aliphatic heterocycles. The molecule has 1 fully saturated rings. The van der Waals surface area contributed by atoms with Gasteiger partial charge in [0.2, 0.25) is 5.91 Å². The van der Waals surface area contributed by atoms with Gasteiger partial charge >= 0.3 is 0 Å². The van der Waals surface area contributed by atoms with Crippen molar-refractivity contribution in [2.24, 2.45) is 0 Å². The number of amides is 1. The SMILES string of the molecule is C[C@@H](Sc1nnc(-c2cccnc2)n1C1CC1)C(=O)Nc1cccnc1Cl. The van der Waals surface area contributed by atoms with Crippen molar-refractivity contribution in [2.75, 3.05) is 5.32 Å². The van der Waals surface area contributed by atoms with E-state index in [4.69, 9.17) is 11.6 Å². The van der Waals surface area contributed by atoms with Gasteiger partial charge < -0.3 is 5.32 Å². The maximum absolute atomic E-state index is 12.6. The molecule has 0 spiro atoms. The molecule has 0 aromatic carbocycles. The van der Waals surface area contributed by atoms with Crippen LogP contribution < -0.4 is 5.32 Å². The summed E-state index contributed by atoms with van der Waals surface area (Å²) in [5, 5.41) is 12.1. The molecule has 138 valence electrons. The number of hydrogen-bond acceptors (Lipinski definition) is 6. The van der Waals surface area contributed by atoms with Gasteiger partial charge in [0.15, 0.2) is 16.1 Å². The molecular formula is C18H17ClN6OS. The molecule has 9 heteroatoms. The largest absolute Gasteiger partial charge is 0.322 e. The highest BCUT2D eigenvalue weighted by atomic mass is 35.5. The lowest BCUT2D eigenvalue weighted by Gasteiger charge is -2.13. The lowest BCUT2D eigenvalue weighted by molar-refractivity contribution is -0.115. The number of nitrogens with one attached hydrogen (secondary N) is 1. The van der Waals surface area contributed by atoms with E-state index in [1.54, 1.807) is 30.7 Å². The summed E-state index contributed by atoms with van der Waals surface area (Å²) < 4.78 is 2.11. The van der Waals surface area contributed by atoms with E-state index in [1.165, 1.54) is 11.8 Å². The molecule has 0 bridgehead atoms. The number of rotatable bonds is 6. The number of hydrogen-bond donors (Lipinski definition) is 1. The molecule has 1 atom stereocenters. The number of pyridine rings is 2. The van der Waals surface area contributed by atoms with E-state index < -0.39 is 0 Å². The first kappa shape index (κ1) is 17.9. The molecule has 0 saturated heterocycles. The summed E-state index contributed by atoms with van der Waals surface area (Å²) in [6.45, 7) is 1.83. The topological polar surface area (TPSA) is 85.6 Å². The zero-order chi connectivity index (χ0) is 18.8. The van der Waals surface area contributed by atoms with Crippen molar-refractivity contribution < 1.29 is 4.79 Å². The average Bonchev–Trinajstić information content (AvgIpc) is 3.44. The second-order valence-corrected chi connectivity index (χ2v) is 7.91. The third kappa shape index (κ3) is 3.96. The van der Waals surface area contributed by atoms with E-state index in [0.717, 1.165) is 29.4 Å². The van der Waals surface area contributed by atoms with Gasteiger partial charge in [-0.2, -0.15) is 0 Å². The average molecular weight is 401 g/mol. The Kier molecular flexibility index (Phi) is 5.09.